The van der Waals surface area contributed by atoms with Gasteiger partial charge >= 0.3 is 0 Å². The highest BCUT2D eigenvalue weighted by Gasteiger charge is 2.30. The Labute approximate surface area is 120 Å². The van der Waals surface area contributed by atoms with Crippen LogP contribution in [0.15, 0.2) is 24.3 Å². The monoisotopic (exact) mass is 272 g/mol. The van der Waals surface area contributed by atoms with Crippen molar-refractivity contribution in [2.24, 2.45) is 5.92 Å². The van der Waals surface area contributed by atoms with E-state index in [1.54, 1.807) is 12.1 Å². The van der Waals surface area contributed by atoms with Crippen LogP contribution in [0.3, 0.4) is 0 Å². The van der Waals surface area contributed by atoms with Gasteiger partial charge in [-0.25, -0.2) is 0 Å². The van der Waals surface area contributed by atoms with Crippen molar-refractivity contribution in [2.75, 3.05) is 19.8 Å². The average molecular weight is 272 g/mol. The van der Waals surface area contributed by atoms with Crippen LogP contribution in [-0.2, 0) is 9.53 Å². The van der Waals surface area contributed by atoms with Crippen LogP contribution in [0.2, 0.25) is 0 Å². The van der Waals surface area contributed by atoms with Gasteiger partial charge in [0.2, 0.25) is 5.91 Å². The Hall–Kier alpha value is -1.86. The molecule has 0 spiro atoms. The number of amides is 1. The van der Waals surface area contributed by atoms with Gasteiger partial charge in [0, 0.05) is 13.2 Å². The molecule has 1 aliphatic rings. The highest BCUT2D eigenvalue weighted by atomic mass is 16.5. The third kappa shape index (κ3) is 3.00. The molecule has 0 radical (unpaired) electrons. The largest absolute Gasteiger partial charge is 0.381 e. The topological polar surface area (TPSA) is 53.3 Å². The highest BCUT2D eigenvalue weighted by molar-refractivity contribution is 5.79. The lowest BCUT2D eigenvalue weighted by molar-refractivity contribution is -0.137. The van der Waals surface area contributed by atoms with Crippen molar-refractivity contribution in [2.45, 2.75) is 26.3 Å². The Morgan fingerprint density at radius 2 is 2.20 bits per heavy atom. The van der Waals surface area contributed by atoms with E-state index in [0.29, 0.717) is 25.3 Å². The lowest BCUT2D eigenvalue weighted by atomic mass is 10.0. The Kier molecular flexibility index (Phi) is 4.75. The molecular weight excluding hydrogens is 252 g/mol. The van der Waals surface area contributed by atoms with Gasteiger partial charge in [-0.3, -0.25) is 4.79 Å². The highest BCUT2D eigenvalue weighted by Crippen LogP contribution is 2.25. The molecule has 1 aromatic rings. The Morgan fingerprint density at radius 3 is 2.70 bits per heavy atom. The number of nitriles is 1. The zero-order chi connectivity index (χ0) is 14.5. The number of ether oxygens (including phenoxy) is 1. The maximum Gasteiger partial charge on any atom is 0.228 e. The number of nitrogens with zero attached hydrogens (tertiary/aromatic N) is 2. The summed E-state index contributed by atoms with van der Waals surface area (Å²) in [7, 11) is 0. The van der Waals surface area contributed by atoms with Crippen molar-refractivity contribution in [1.82, 2.24) is 4.90 Å². The summed E-state index contributed by atoms with van der Waals surface area (Å²) in [6.45, 7) is 5.91. The summed E-state index contributed by atoms with van der Waals surface area (Å²) in [5, 5.41) is 8.83. The molecule has 1 heterocycles. The molecule has 0 aromatic heterocycles. The predicted octanol–water partition coefficient (Wildman–Crippen LogP) is 2.50. The fraction of sp³-hybridized carbons (Fsp3) is 0.500. The first-order valence-corrected chi connectivity index (χ1v) is 7.05. The van der Waals surface area contributed by atoms with Gasteiger partial charge in [-0.15, -0.1) is 0 Å². The summed E-state index contributed by atoms with van der Waals surface area (Å²) >= 11 is 0. The second kappa shape index (κ2) is 6.53. The minimum absolute atomic E-state index is 0.00391. The van der Waals surface area contributed by atoms with Crippen LogP contribution in [0.4, 0.5) is 0 Å². The molecule has 1 aromatic carbocycles. The van der Waals surface area contributed by atoms with Crippen LogP contribution in [0.5, 0.6) is 0 Å². The standard InChI is InChI=1S/C16H20N2O2/c1-3-18(16(19)15-8-9-20-11-15)12(2)14-6-4-13(10-17)5-7-14/h4-7,12,15H,3,8-9,11H2,1-2H3. The van der Waals surface area contributed by atoms with Crippen molar-refractivity contribution in [3.05, 3.63) is 35.4 Å². The number of hydrogen-bond donors (Lipinski definition) is 0. The van der Waals surface area contributed by atoms with Gasteiger partial charge in [0.1, 0.15) is 0 Å². The van der Waals surface area contributed by atoms with Gasteiger partial charge in [-0.05, 0) is 38.0 Å². The number of carbonyl (C=O) groups is 1. The number of rotatable bonds is 4. The van der Waals surface area contributed by atoms with Crippen molar-refractivity contribution in [1.29, 1.82) is 5.26 Å². The Morgan fingerprint density at radius 1 is 1.50 bits per heavy atom. The second-order valence-electron chi connectivity index (χ2n) is 5.09. The van der Waals surface area contributed by atoms with Crippen LogP contribution in [0.25, 0.3) is 0 Å². The van der Waals surface area contributed by atoms with E-state index < -0.39 is 0 Å². The molecule has 2 rings (SSSR count). The van der Waals surface area contributed by atoms with E-state index in [-0.39, 0.29) is 17.9 Å². The number of hydrogen-bond acceptors (Lipinski definition) is 3. The third-order valence-corrected chi connectivity index (χ3v) is 3.89. The normalized spacial score (nSPS) is 19.4. The van der Waals surface area contributed by atoms with Crippen molar-refractivity contribution < 1.29 is 9.53 Å². The molecule has 0 aliphatic carbocycles. The van der Waals surface area contributed by atoms with Crippen LogP contribution in [-0.4, -0.2) is 30.6 Å². The van der Waals surface area contributed by atoms with E-state index in [1.165, 1.54) is 0 Å². The molecule has 2 atom stereocenters. The lowest BCUT2D eigenvalue weighted by Crippen LogP contribution is -2.38. The minimum Gasteiger partial charge on any atom is -0.381 e. The summed E-state index contributed by atoms with van der Waals surface area (Å²) in [6, 6.07) is 9.55. The fourth-order valence-electron chi connectivity index (χ4n) is 2.60. The predicted molar refractivity (Wildman–Crippen MR) is 75.9 cm³/mol. The minimum atomic E-state index is -0.00391. The van der Waals surface area contributed by atoms with Crippen LogP contribution in [0, 0.1) is 17.2 Å². The van der Waals surface area contributed by atoms with Crippen molar-refractivity contribution >= 4 is 5.91 Å². The summed E-state index contributed by atoms with van der Waals surface area (Å²) in [5.74, 6) is 0.164. The fourth-order valence-corrected chi connectivity index (χ4v) is 2.60. The van der Waals surface area contributed by atoms with Gasteiger partial charge in [0.25, 0.3) is 0 Å². The van der Waals surface area contributed by atoms with Gasteiger partial charge in [-0.1, -0.05) is 12.1 Å². The molecule has 4 heteroatoms. The molecule has 4 nitrogen and oxygen atoms in total. The van der Waals surface area contributed by atoms with E-state index in [1.807, 2.05) is 30.9 Å². The van der Waals surface area contributed by atoms with Crippen LogP contribution in [0.1, 0.15) is 37.4 Å². The molecule has 0 bridgehead atoms. The summed E-state index contributed by atoms with van der Waals surface area (Å²) in [5.41, 5.74) is 1.69. The maximum absolute atomic E-state index is 12.5. The van der Waals surface area contributed by atoms with Gasteiger partial charge < -0.3 is 9.64 Å². The number of carbonyl (C=O) groups excluding carboxylic acids is 1. The molecule has 106 valence electrons. The Bertz CT molecular complexity index is 498. The van der Waals surface area contributed by atoms with E-state index in [0.717, 1.165) is 12.0 Å². The van der Waals surface area contributed by atoms with Crippen molar-refractivity contribution in [3.8, 4) is 6.07 Å². The van der Waals surface area contributed by atoms with Crippen LogP contribution < -0.4 is 0 Å². The Balaban J connectivity index is 2.13. The quantitative estimate of drug-likeness (QED) is 0.846. The molecule has 1 fully saturated rings. The van der Waals surface area contributed by atoms with Gasteiger partial charge in [-0.2, -0.15) is 5.26 Å². The van der Waals surface area contributed by atoms with Crippen LogP contribution >= 0.6 is 0 Å². The molecule has 2 unspecified atom stereocenters. The summed E-state index contributed by atoms with van der Waals surface area (Å²) in [4.78, 5) is 14.4. The molecule has 1 aliphatic heterocycles. The first-order valence-electron chi connectivity index (χ1n) is 7.05. The molecule has 20 heavy (non-hydrogen) atoms. The van der Waals surface area contributed by atoms with Crippen molar-refractivity contribution in [3.63, 3.8) is 0 Å². The SMILES string of the molecule is CCN(C(=O)C1CCOC1)C(C)c1ccc(C#N)cc1. The second-order valence-corrected chi connectivity index (χ2v) is 5.09. The zero-order valence-electron chi connectivity index (χ0n) is 12.0. The summed E-state index contributed by atoms with van der Waals surface area (Å²) < 4.78 is 5.31. The lowest BCUT2D eigenvalue weighted by Gasteiger charge is -2.30. The van der Waals surface area contributed by atoms with E-state index >= 15 is 0 Å². The van der Waals surface area contributed by atoms with Gasteiger partial charge in [0.15, 0.2) is 0 Å². The smallest absolute Gasteiger partial charge is 0.228 e. The molecule has 0 saturated carbocycles. The molecule has 1 saturated heterocycles. The average Bonchev–Trinajstić information content (AvgIpc) is 3.02. The third-order valence-electron chi connectivity index (χ3n) is 3.89. The number of benzene rings is 1. The first kappa shape index (κ1) is 14.5. The summed E-state index contributed by atoms with van der Waals surface area (Å²) in [6.07, 6.45) is 0.815. The van der Waals surface area contributed by atoms with E-state index in [4.69, 9.17) is 10.00 Å². The maximum atomic E-state index is 12.5. The molecule has 1 amide bonds. The van der Waals surface area contributed by atoms with Gasteiger partial charge in [0.05, 0.1) is 30.2 Å². The van der Waals surface area contributed by atoms with E-state index in [9.17, 15) is 4.79 Å². The zero-order valence-corrected chi connectivity index (χ0v) is 12.0. The molecule has 0 N–H and O–H groups in total. The van der Waals surface area contributed by atoms with E-state index in [2.05, 4.69) is 6.07 Å². The first-order chi connectivity index (χ1) is 9.67. The molecular formula is C16H20N2O2.